The molecule has 2 atom stereocenters. The second-order valence-corrected chi connectivity index (χ2v) is 4.13. The van der Waals surface area contributed by atoms with Gasteiger partial charge in [0, 0.05) is 0 Å². The van der Waals surface area contributed by atoms with Crippen molar-refractivity contribution < 1.29 is 23.8 Å². The molecule has 0 aliphatic carbocycles. The Kier molecular flexibility index (Phi) is 5.44. The van der Waals surface area contributed by atoms with Crippen molar-refractivity contribution in [1.82, 2.24) is 5.32 Å². The number of aliphatic carboxylic acids is 1. The molecule has 1 amide bonds. The molecule has 6 heteroatoms. The minimum absolute atomic E-state index is 0.308. The van der Waals surface area contributed by atoms with E-state index in [1.54, 1.807) is 19.1 Å². The SMILES string of the molecule is CC(OCC(=O)NC(C)c1ccc(F)cc1)C(=O)O. The second kappa shape index (κ2) is 6.84. The molecule has 104 valence electrons. The highest BCUT2D eigenvalue weighted by Crippen LogP contribution is 2.12. The summed E-state index contributed by atoms with van der Waals surface area (Å²) in [5, 5.41) is 11.2. The lowest BCUT2D eigenvalue weighted by atomic mass is 10.1. The van der Waals surface area contributed by atoms with Crippen LogP contribution in [0.1, 0.15) is 25.5 Å². The molecule has 5 nitrogen and oxygen atoms in total. The van der Waals surface area contributed by atoms with Crippen LogP contribution in [0.15, 0.2) is 24.3 Å². The van der Waals surface area contributed by atoms with E-state index in [9.17, 15) is 14.0 Å². The minimum atomic E-state index is -1.13. The zero-order chi connectivity index (χ0) is 14.4. The van der Waals surface area contributed by atoms with E-state index in [1.165, 1.54) is 19.1 Å². The molecule has 0 saturated carbocycles. The smallest absolute Gasteiger partial charge is 0.332 e. The Labute approximate surface area is 110 Å². The van der Waals surface area contributed by atoms with Gasteiger partial charge in [-0.15, -0.1) is 0 Å². The number of nitrogens with one attached hydrogen (secondary N) is 1. The van der Waals surface area contributed by atoms with E-state index in [1.807, 2.05) is 0 Å². The average Bonchev–Trinajstić information content (AvgIpc) is 2.36. The van der Waals surface area contributed by atoms with Crippen LogP contribution in [0.25, 0.3) is 0 Å². The summed E-state index contributed by atoms with van der Waals surface area (Å²) in [5.41, 5.74) is 0.751. The van der Waals surface area contributed by atoms with Gasteiger partial charge in [-0.1, -0.05) is 12.1 Å². The van der Waals surface area contributed by atoms with Gasteiger partial charge in [0.1, 0.15) is 12.4 Å². The summed E-state index contributed by atoms with van der Waals surface area (Å²) < 4.78 is 17.6. The van der Waals surface area contributed by atoms with Gasteiger partial charge >= 0.3 is 5.97 Å². The van der Waals surface area contributed by atoms with Gasteiger partial charge in [-0.25, -0.2) is 9.18 Å². The molecule has 0 bridgehead atoms. The maximum Gasteiger partial charge on any atom is 0.332 e. The van der Waals surface area contributed by atoms with Gasteiger partial charge in [0.25, 0.3) is 0 Å². The zero-order valence-electron chi connectivity index (χ0n) is 10.7. The van der Waals surface area contributed by atoms with Gasteiger partial charge in [-0.2, -0.15) is 0 Å². The summed E-state index contributed by atoms with van der Waals surface area (Å²) in [7, 11) is 0. The maximum atomic E-state index is 12.7. The number of carboxylic acids is 1. The molecule has 0 spiro atoms. The van der Waals surface area contributed by atoms with Gasteiger partial charge in [0.05, 0.1) is 6.04 Å². The summed E-state index contributed by atoms with van der Waals surface area (Å²) in [6, 6.07) is 5.45. The van der Waals surface area contributed by atoms with Gasteiger partial charge in [0.15, 0.2) is 6.10 Å². The van der Waals surface area contributed by atoms with E-state index in [-0.39, 0.29) is 18.5 Å². The van der Waals surface area contributed by atoms with Crippen molar-refractivity contribution in [3.63, 3.8) is 0 Å². The van der Waals surface area contributed by atoms with E-state index in [2.05, 4.69) is 5.32 Å². The number of hydrogen-bond donors (Lipinski definition) is 2. The summed E-state index contributed by atoms with van der Waals surface area (Å²) in [6.45, 7) is 2.75. The van der Waals surface area contributed by atoms with Gasteiger partial charge in [0.2, 0.25) is 5.91 Å². The van der Waals surface area contributed by atoms with Crippen LogP contribution in [-0.4, -0.2) is 29.7 Å². The number of amides is 1. The lowest BCUT2D eigenvalue weighted by molar-refractivity contribution is -0.150. The van der Waals surface area contributed by atoms with Gasteiger partial charge in [-0.05, 0) is 31.5 Å². The Balaban J connectivity index is 2.44. The van der Waals surface area contributed by atoms with Crippen LogP contribution in [-0.2, 0) is 14.3 Å². The van der Waals surface area contributed by atoms with Crippen LogP contribution >= 0.6 is 0 Å². The molecule has 0 aliphatic heterocycles. The summed E-state index contributed by atoms with van der Waals surface area (Å²) in [6.07, 6.45) is -1.04. The van der Waals surface area contributed by atoms with Crippen molar-refractivity contribution in [2.24, 2.45) is 0 Å². The zero-order valence-corrected chi connectivity index (χ0v) is 10.7. The maximum absolute atomic E-state index is 12.7. The summed E-state index contributed by atoms with van der Waals surface area (Å²) in [4.78, 5) is 22.0. The fraction of sp³-hybridized carbons (Fsp3) is 0.385. The van der Waals surface area contributed by atoms with Crippen LogP contribution in [0.4, 0.5) is 4.39 Å². The number of ether oxygens (including phenoxy) is 1. The van der Waals surface area contributed by atoms with E-state index in [0.29, 0.717) is 0 Å². The Morgan fingerprint density at radius 1 is 1.32 bits per heavy atom. The highest BCUT2D eigenvalue weighted by atomic mass is 19.1. The molecule has 1 aromatic rings. The molecule has 0 fully saturated rings. The van der Waals surface area contributed by atoms with Gasteiger partial charge in [-0.3, -0.25) is 4.79 Å². The quantitative estimate of drug-likeness (QED) is 0.820. The first-order valence-corrected chi connectivity index (χ1v) is 5.79. The number of benzene rings is 1. The molecule has 2 unspecified atom stereocenters. The highest BCUT2D eigenvalue weighted by molar-refractivity contribution is 5.78. The predicted molar refractivity (Wildman–Crippen MR) is 66.0 cm³/mol. The van der Waals surface area contributed by atoms with Crippen LogP contribution in [0.5, 0.6) is 0 Å². The van der Waals surface area contributed by atoms with Crippen LogP contribution < -0.4 is 5.32 Å². The molecular weight excluding hydrogens is 253 g/mol. The van der Waals surface area contributed by atoms with E-state index < -0.39 is 18.0 Å². The average molecular weight is 269 g/mol. The van der Waals surface area contributed by atoms with Crippen molar-refractivity contribution in [3.8, 4) is 0 Å². The topological polar surface area (TPSA) is 75.6 Å². The molecule has 19 heavy (non-hydrogen) atoms. The Morgan fingerprint density at radius 2 is 1.89 bits per heavy atom. The normalized spacial score (nSPS) is 13.6. The third-order valence-electron chi connectivity index (χ3n) is 2.56. The second-order valence-electron chi connectivity index (χ2n) is 4.13. The van der Waals surface area contributed by atoms with Crippen molar-refractivity contribution in [2.75, 3.05) is 6.61 Å². The first-order valence-electron chi connectivity index (χ1n) is 5.79. The monoisotopic (exact) mass is 269 g/mol. The van der Waals surface area contributed by atoms with Gasteiger partial charge < -0.3 is 15.2 Å². The fourth-order valence-electron chi connectivity index (χ4n) is 1.39. The third kappa shape index (κ3) is 5.05. The van der Waals surface area contributed by atoms with Crippen molar-refractivity contribution in [3.05, 3.63) is 35.6 Å². The first-order chi connectivity index (χ1) is 8.90. The molecule has 0 radical (unpaired) electrons. The fourth-order valence-corrected chi connectivity index (χ4v) is 1.39. The van der Waals surface area contributed by atoms with Crippen molar-refractivity contribution in [1.29, 1.82) is 0 Å². The van der Waals surface area contributed by atoms with E-state index in [0.717, 1.165) is 5.56 Å². The van der Waals surface area contributed by atoms with E-state index >= 15 is 0 Å². The number of carbonyl (C=O) groups excluding carboxylic acids is 1. The highest BCUT2D eigenvalue weighted by Gasteiger charge is 2.15. The van der Waals surface area contributed by atoms with Crippen LogP contribution in [0.3, 0.4) is 0 Å². The molecular formula is C13H16FNO4. The predicted octanol–water partition coefficient (Wildman–Crippen LogP) is 1.49. The largest absolute Gasteiger partial charge is 0.479 e. The number of carbonyl (C=O) groups is 2. The molecule has 0 heterocycles. The number of rotatable bonds is 6. The molecule has 0 saturated heterocycles. The lowest BCUT2D eigenvalue weighted by Gasteiger charge is -2.15. The van der Waals surface area contributed by atoms with Crippen LogP contribution in [0.2, 0.25) is 0 Å². The molecule has 1 rings (SSSR count). The summed E-state index contributed by atoms with van der Waals surface area (Å²) in [5.74, 6) is -1.90. The third-order valence-corrected chi connectivity index (χ3v) is 2.56. The molecule has 1 aromatic carbocycles. The number of halogens is 1. The molecule has 2 N–H and O–H groups in total. The molecule has 0 aromatic heterocycles. The van der Waals surface area contributed by atoms with Crippen molar-refractivity contribution >= 4 is 11.9 Å². The lowest BCUT2D eigenvalue weighted by Crippen LogP contribution is -2.33. The molecule has 0 aliphatic rings. The number of carboxylic acid groups (broad SMARTS) is 1. The first kappa shape index (κ1) is 15.1. The summed E-state index contributed by atoms with van der Waals surface area (Å²) >= 11 is 0. The number of hydrogen-bond acceptors (Lipinski definition) is 3. The minimum Gasteiger partial charge on any atom is -0.479 e. The Bertz CT molecular complexity index is 446. The Morgan fingerprint density at radius 3 is 2.42 bits per heavy atom. The van der Waals surface area contributed by atoms with Crippen LogP contribution in [0, 0.1) is 5.82 Å². The van der Waals surface area contributed by atoms with Crippen molar-refractivity contribution in [2.45, 2.75) is 26.0 Å². The standard InChI is InChI=1S/C13H16FNO4/c1-8(10-3-5-11(14)6-4-10)15-12(16)7-19-9(2)13(17)18/h3-6,8-9H,7H2,1-2H3,(H,15,16)(H,17,18). The van der Waals surface area contributed by atoms with E-state index in [4.69, 9.17) is 9.84 Å². The Hall–Kier alpha value is -1.95.